The number of rotatable bonds is 10. The first-order valence-corrected chi connectivity index (χ1v) is 21.3. The first kappa shape index (κ1) is 37.8. The SMILES string of the molecule is CC1(C)c2ccccc2-c2cc(N(C3=CC=CC(C(c4ccccc4)(c4ccccc4)c4ccc(N(c5ccccc5)c5ccccc5)cc4)=CC3)c3ccccc3)ccc21. The van der Waals surface area contributed by atoms with Crippen LogP contribution in [0.5, 0.6) is 0 Å². The lowest BCUT2D eigenvalue weighted by molar-refractivity contribution is 0.660. The summed E-state index contributed by atoms with van der Waals surface area (Å²) < 4.78 is 0. The molecule has 0 saturated heterocycles. The van der Waals surface area contributed by atoms with Gasteiger partial charge in [-0.25, -0.2) is 0 Å². The van der Waals surface area contributed by atoms with Gasteiger partial charge in [-0.15, -0.1) is 0 Å². The van der Waals surface area contributed by atoms with E-state index in [9.17, 15) is 0 Å². The lowest BCUT2D eigenvalue weighted by atomic mass is 9.64. The number of benzene rings is 8. The van der Waals surface area contributed by atoms with Gasteiger partial charge in [-0.1, -0.05) is 190 Å². The van der Waals surface area contributed by atoms with E-state index in [1.54, 1.807) is 0 Å². The van der Waals surface area contributed by atoms with Crippen LogP contribution in [0.3, 0.4) is 0 Å². The average Bonchev–Trinajstić information content (AvgIpc) is 3.42. The second kappa shape index (κ2) is 16.0. The van der Waals surface area contributed by atoms with Crippen LogP contribution in [0.15, 0.2) is 254 Å². The molecule has 10 rings (SSSR count). The molecule has 0 spiro atoms. The maximum atomic E-state index is 2.46. The quantitative estimate of drug-likeness (QED) is 0.127. The Kier molecular flexibility index (Phi) is 9.91. The second-order valence-electron chi connectivity index (χ2n) is 16.5. The molecule has 0 heterocycles. The number of fused-ring (bicyclic) bond motifs is 3. The van der Waals surface area contributed by atoms with Crippen LogP contribution in [0, 0.1) is 0 Å². The third kappa shape index (κ3) is 6.71. The van der Waals surface area contributed by atoms with Gasteiger partial charge in [0.1, 0.15) is 0 Å². The number of para-hydroxylation sites is 3. The molecule has 61 heavy (non-hydrogen) atoms. The summed E-state index contributed by atoms with van der Waals surface area (Å²) in [6.07, 6.45) is 10.1. The van der Waals surface area contributed by atoms with Gasteiger partial charge in [-0.2, -0.15) is 0 Å². The van der Waals surface area contributed by atoms with Crippen molar-refractivity contribution in [1.29, 1.82) is 0 Å². The molecular weight excluding hydrogens is 737 g/mol. The van der Waals surface area contributed by atoms with Gasteiger partial charge in [0.2, 0.25) is 0 Å². The predicted octanol–water partition coefficient (Wildman–Crippen LogP) is 15.4. The fraction of sp³-hybridized carbons (Fsp3) is 0.0847. The maximum absolute atomic E-state index is 2.46. The zero-order chi connectivity index (χ0) is 41.2. The smallest absolute Gasteiger partial charge is 0.0698 e. The Morgan fingerprint density at radius 1 is 0.410 bits per heavy atom. The van der Waals surface area contributed by atoms with Crippen LogP contribution in [0.2, 0.25) is 0 Å². The van der Waals surface area contributed by atoms with Crippen molar-refractivity contribution >= 4 is 28.4 Å². The molecule has 0 saturated carbocycles. The normalized spacial score (nSPS) is 13.9. The Bertz CT molecular complexity index is 2800. The fourth-order valence-electron chi connectivity index (χ4n) is 9.80. The lowest BCUT2D eigenvalue weighted by Crippen LogP contribution is -2.31. The zero-order valence-electron chi connectivity index (χ0n) is 34.7. The Labute approximate surface area is 360 Å². The van der Waals surface area contributed by atoms with Crippen molar-refractivity contribution in [1.82, 2.24) is 0 Å². The summed E-state index contributed by atoms with van der Waals surface area (Å²) >= 11 is 0. The Morgan fingerprint density at radius 3 is 1.43 bits per heavy atom. The molecule has 2 aliphatic carbocycles. The molecule has 0 amide bonds. The van der Waals surface area contributed by atoms with E-state index >= 15 is 0 Å². The van der Waals surface area contributed by atoms with Crippen molar-refractivity contribution in [3.63, 3.8) is 0 Å². The van der Waals surface area contributed by atoms with Crippen molar-refractivity contribution < 1.29 is 0 Å². The molecular formula is C59H48N2. The molecule has 0 radical (unpaired) electrons. The highest BCUT2D eigenvalue weighted by Gasteiger charge is 2.40. The minimum atomic E-state index is -0.606. The van der Waals surface area contributed by atoms with Crippen LogP contribution in [0.1, 0.15) is 48.1 Å². The molecule has 0 bridgehead atoms. The molecule has 2 nitrogen and oxygen atoms in total. The third-order valence-electron chi connectivity index (χ3n) is 12.7. The summed E-state index contributed by atoms with van der Waals surface area (Å²) in [7, 11) is 0. The van der Waals surface area contributed by atoms with Crippen molar-refractivity contribution in [3.05, 3.63) is 282 Å². The molecule has 0 aliphatic heterocycles. The van der Waals surface area contributed by atoms with Gasteiger partial charge in [-0.05, 0) is 111 Å². The van der Waals surface area contributed by atoms with E-state index in [0.29, 0.717) is 0 Å². The van der Waals surface area contributed by atoms with Crippen LogP contribution in [0.4, 0.5) is 28.4 Å². The van der Waals surface area contributed by atoms with E-state index in [1.165, 1.54) is 50.2 Å². The van der Waals surface area contributed by atoms with E-state index in [2.05, 4.69) is 266 Å². The number of anilines is 5. The standard InChI is InChI=1S/C59H48N2/c1-58(2)56-34-19-18-33-54(56)55-43-53(41-42-57(55)58)61(50-30-16-7-17-31-50)51-32-20-25-46(35-38-51)59(44-21-8-3-9-22-44,45-23-10-4-11-24-45)47-36-39-52(40-37-47)60(48-26-12-5-13-27-48)49-28-14-6-15-29-49/h3-37,39-43H,38H2,1-2H3. The van der Waals surface area contributed by atoms with E-state index in [0.717, 1.165) is 34.9 Å². The largest absolute Gasteiger partial charge is 0.314 e. The minimum Gasteiger partial charge on any atom is -0.314 e. The Hall–Kier alpha value is -7.42. The van der Waals surface area contributed by atoms with E-state index in [-0.39, 0.29) is 5.41 Å². The highest BCUT2D eigenvalue weighted by molar-refractivity contribution is 5.85. The summed E-state index contributed by atoms with van der Waals surface area (Å²) in [6, 6.07) is 79.3. The average molecular weight is 785 g/mol. The van der Waals surface area contributed by atoms with Crippen LogP contribution >= 0.6 is 0 Å². The number of hydrogen-bond donors (Lipinski definition) is 0. The first-order chi connectivity index (χ1) is 30.0. The first-order valence-electron chi connectivity index (χ1n) is 21.3. The third-order valence-corrected chi connectivity index (χ3v) is 12.7. The van der Waals surface area contributed by atoms with Gasteiger partial charge in [0.25, 0.3) is 0 Å². The van der Waals surface area contributed by atoms with Crippen LogP contribution < -0.4 is 9.80 Å². The summed E-state index contributed by atoms with van der Waals surface area (Å²) in [5.74, 6) is 0. The molecule has 0 atom stereocenters. The van der Waals surface area contributed by atoms with Crippen molar-refractivity contribution in [2.45, 2.75) is 31.1 Å². The molecule has 8 aromatic carbocycles. The van der Waals surface area contributed by atoms with Crippen LogP contribution in [-0.4, -0.2) is 0 Å². The second-order valence-corrected chi connectivity index (χ2v) is 16.5. The molecule has 0 unspecified atom stereocenters. The fourth-order valence-corrected chi connectivity index (χ4v) is 9.80. The molecule has 0 fully saturated rings. The van der Waals surface area contributed by atoms with Gasteiger partial charge in [0.05, 0.1) is 5.41 Å². The summed E-state index contributed by atoms with van der Waals surface area (Å²) in [4.78, 5) is 4.77. The molecule has 0 N–H and O–H groups in total. The molecule has 2 aliphatic rings. The van der Waals surface area contributed by atoms with Crippen molar-refractivity contribution in [2.75, 3.05) is 9.80 Å². The van der Waals surface area contributed by atoms with E-state index in [4.69, 9.17) is 0 Å². The highest BCUT2D eigenvalue weighted by Crippen LogP contribution is 2.51. The predicted molar refractivity (Wildman–Crippen MR) is 256 cm³/mol. The highest BCUT2D eigenvalue weighted by atomic mass is 15.2. The summed E-state index contributed by atoms with van der Waals surface area (Å²) in [5, 5.41) is 0. The van der Waals surface area contributed by atoms with Gasteiger partial charge < -0.3 is 9.80 Å². The Morgan fingerprint density at radius 2 is 0.852 bits per heavy atom. The van der Waals surface area contributed by atoms with E-state index in [1.807, 2.05) is 0 Å². The lowest BCUT2D eigenvalue weighted by Gasteiger charge is -2.38. The maximum Gasteiger partial charge on any atom is 0.0698 e. The van der Waals surface area contributed by atoms with Crippen molar-refractivity contribution in [2.24, 2.45) is 0 Å². The molecule has 8 aromatic rings. The minimum absolute atomic E-state index is 0.0538. The van der Waals surface area contributed by atoms with Gasteiger partial charge in [0.15, 0.2) is 0 Å². The van der Waals surface area contributed by atoms with Crippen molar-refractivity contribution in [3.8, 4) is 11.1 Å². The van der Waals surface area contributed by atoms with Crippen LogP contribution in [-0.2, 0) is 10.8 Å². The molecule has 294 valence electrons. The number of nitrogens with zero attached hydrogens (tertiary/aromatic N) is 2. The summed E-state index contributed by atoms with van der Waals surface area (Å²) in [6.45, 7) is 4.69. The van der Waals surface area contributed by atoms with Crippen LogP contribution in [0.25, 0.3) is 11.1 Å². The Balaban J connectivity index is 1.10. The molecule has 2 heteroatoms. The van der Waals surface area contributed by atoms with Gasteiger partial charge in [0, 0.05) is 46.0 Å². The monoisotopic (exact) mass is 784 g/mol. The number of allylic oxidation sites excluding steroid dienone is 5. The topological polar surface area (TPSA) is 6.48 Å². The number of hydrogen-bond acceptors (Lipinski definition) is 2. The summed E-state index contributed by atoms with van der Waals surface area (Å²) in [5.41, 5.74) is 16.4. The molecule has 0 aromatic heterocycles. The van der Waals surface area contributed by atoms with E-state index < -0.39 is 5.41 Å². The van der Waals surface area contributed by atoms with Gasteiger partial charge in [-0.3, -0.25) is 0 Å². The zero-order valence-corrected chi connectivity index (χ0v) is 34.7. The van der Waals surface area contributed by atoms with Gasteiger partial charge >= 0.3 is 0 Å².